The van der Waals surface area contributed by atoms with Crippen molar-refractivity contribution in [2.24, 2.45) is 0 Å². The van der Waals surface area contributed by atoms with E-state index in [1.165, 1.54) is 5.56 Å². The molecule has 0 unspecified atom stereocenters. The molecule has 26 heavy (non-hydrogen) atoms. The number of nitrogens with one attached hydrogen (secondary N) is 2. The summed E-state index contributed by atoms with van der Waals surface area (Å²) in [5.74, 6) is 0. The largest absolute Gasteiger partial charge is 0.309 e. The van der Waals surface area contributed by atoms with Gasteiger partial charge in [0, 0.05) is 13.1 Å². The molecule has 0 bridgehead atoms. The third-order valence-electron chi connectivity index (χ3n) is 4.08. The van der Waals surface area contributed by atoms with Gasteiger partial charge in [0.25, 0.3) is 10.0 Å². The first-order valence-corrected chi connectivity index (χ1v) is 9.95. The number of anilines is 1. The quantitative estimate of drug-likeness (QED) is 0.662. The molecule has 0 aromatic heterocycles. The van der Waals surface area contributed by atoms with Crippen LogP contribution in [0.15, 0.2) is 83.8 Å². The van der Waals surface area contributed by atoms with Gasteiger partial charge in [-0.05, 0) is 36.2 Å². The predicted octanol–water partition coefficient (Wildman–Crippen LogP) is 4.09. The Kier molecular flexibility index (Phi) is 5.71. The average Bonchev–Trinajstić information content (AvgIpc) is 2.64. The highest BCUT2D eigenvalue weighted by atomic mass is 32.2. The van der Waals surface area contributed by atoms with Crippen molar-refractivity contribution in [2.45, 2.75) is 24.9 Å². The Hall–Kier alpha value is -2.63. The molecule has 0 aliphatic carbocycles. The zero-order valence-electron chi connectivity index (χ0n) is 14.6. The first-order valence-electron chi connectivity index (χ1n) is 8.47. The Balaban J connectivity index is 1.71. The van der Waals surface area contributed by atoms with E-state index in [1.54, 1.807) is 30.3 Å². The smallest absolute Gasteiger partial charge is 0.261 e. The lowest BCUT2D eigenvalue weighted by atomic mass is 10.1. The highest BCUT2D eigenvalue weighted by Gasteiger charge is 2.15. The molecule has 0 saturated heterocycles. The molecule has 0 saturated carbocycles. The Morgan fingerprint density at radius 1 is 0.769 bits per heavy atom. The van der Waals surface area contributed by atoms with E-state index in [0.29, 0.717) is 12.2 Å². The monoisotopic (exact) mass is 366 g/mol. The molecule has 3 aromatic carbocycles. The molecule has 0 fully saturated rings. The van der Waals surface area contributed by atoms with Crippen molar-refractivity contribution in [1.29, 1.82) is 0 Å². The van der Waals surface area contributed by atoms with Gasteiger partial charge in [-0.1, -0.05) is 66.2 Å². The van der Waals surface area contributed by atoms with Gasteiger partial charge in [-0.2, -0.15) is 0 Å². The zero-order valence-corrected chi connectivity index (χ0v) is 15.5. The van der Waals surface area contributed by atoms with Gasteiger partial charge in [-0.25, -0.2) is 8.42 Å². The van der Waals surface area contributed by atoms with Crippen LogP contribution in [0.4, 0.5) is 5.69 Å². The summed E-state index contributed by atoms with van der Waals surface area (Å²) in [6, 6.07) is 24.4. The van der Waals surface area contributed by atoms with E-state index >= 15 is 0 Å². The van der Waals surface area contributed by atoms with Gasteiger partial charge in [-0.3, -0.25) is 4.72 Å². The van der Waals surface area contributed by atoms with Gasteiger partial charge in [-0.15, -0.1) is 0 Å². The maximum absolute atomic E-state index is 12.6. The van der Waals surface area contributed by atoms with E-state index in [2.05, 4.69) is 22.2 Å². The molecule has 134 valence electrons. The second-order valence-corrected chi connectivity index (χ2v) is 7.85. The molecule has 3 rings (SSSR count). The molecule has 0 radical (unpaired) electrons. The molecule has 0 spiro atoms. The molecule has 0 aliphatic rings. The van der Waals surface area contributed by atoms with Crippen LogP contribution in [0.25, 0.3) is 0 Å². The van der Waals surface area contributed by atoms with Gasteiger partial charge >= 0.3 is 0 Å². The summed E-state index contributed by atoms with van der Waals surface area (Å²) in [5.41, 5.74) is 3.70. The number of para-hydroxylation sites is 1. The van der Waals surface area contributed by atoms with Crippen LogP contribution < -0.4 is 10.0 Å². The third-order valence-corrected chi connectivity index (χ3v) is 5.46. The number of hydrogen-bond acceptors (Lipinski definition) is 3. The second-order valence-electron chi connectivity index (χ2n) is 6.16. The number of aryl methyl sites for hydroxylation is 1. The van der Waals surface area contributed by atoms with Crippen LogP contribution in [-0.4, -0.2) is 8.42 Å². The highest BCUT2D eigenvalue weighted by molar-refractivity contribution is 7.92. The minimum absolute atomic E-state index is 0.259. The molecule has 0 atom stereocenters. The molecule has 4 nitrogen and oxygen atoms in total. The van der Waals surface area contributed by atoms with Crippen molar-refractivity contribution in [1.82, 2.24) is 5.32 Å². The lowest BCUT2D eigenvalue weighted by molar-refractivity contribution is 0.601. The van der Waals surface area contributed by atoms with Crippen molar-refractivity contribution < 1.29 is 8.42 Å². The van der Waals surface area contributed by atoms with Gasteiger partial charge in [0.2, 0.25) is 0 Å². The van der Waals surface area contributed by atoms with Crippen molar-refractivity contribution in [3.05, 3.63) is 95.6 Å². The first kappa shape index (κ1) is 18.2. The normalized spacial score (nSPS) is 11.3. The molecule has 0 amide bonds. The Morgan fingerprint density at radius 3 is 2.15 bits per heavy atom. The minimum atomic E-state index is -3.61. The fourth-order valence-electron chi connectivity index (χ4n) is 2.63. The van der Waals surface area contributed by atoms with Gasteiger partial charge in [0.05, 0.1) is 10.6 Å². The highest BCUT2D eigenvalue weighted by Crippen LogP contribution is 2.20. The van der Waals surface area contributed by atoms with E-state index in [1.807, 2.05) is 43.3 Å². The van der Waals surface area contributed by atoms with Gasteiger partial charge in [0.15, 0.2) is 0 Å². The van der Waals surface area contributed by atoms with Crippen LogP contribution in [0, 0.1) is 6.92 Å². The Bertz CT molecular complexity index is 953. The zero-order chi connectivity index (χ0) is 18.4. The topological polar surface area (TPSA) is 58.2 Å². The summed E-state index contributed by atoms with van der Waals surface area (Å²) in [4.78, 5) is 0.259. The number of hydrogen-bond donors (Lipinski definition) is 2. The molecule has 5 heteroatoms. The Morgan fingerprint density at radius 2 is 1.42 bits per heavy atom. The molecule has 0 heterocycles. The van der Waals surface area contributed by atoms with Crippen molar-refractivity contribution >= 4 is 15.7 Å². The Labute approximate surface area is 155 Å². The fraction of sp³-hybridized carbons (Fsp3) is 0.143. The lowest BCUT2D eigenvalue weighted by Crippen LogP contribution is -2.17. The van der Waals surface area contributed by atoms with Crippen LogP contribution in [0.5, 0.6) is 0 Å². The van der Waals surface area contributed by atoms with E-state index in [9.17, 15) is 8.42 Å². The van der Waals surface area contributed by atoms with Crippen LogP contribution in [0.2, 0.25) is 0 Å². The van der Waals surface area contributed by atoms with E-state index < -0.39 is 10.0 Å². The number of benzene rings is 3. The second kappa shape index (κ2) is 8.17. The van der Waals surface area contributed by atoms with E-state index in [4.69, 9.17) is 0 Å². The molecule has 3 aromatic rings. The third kappa shape index (κ3) is 4.71. The lowest BCUT2D eigenvalue weighted by Gasteiger charge is -2.13. The van der Waals surface area contributed by atoms with Crippen molar-refractivity contribution in [2.75, 3.05) is 4.72 Å². The molecular weight excluding hydrogens is 344 g/mol. The van der Waals surface area contributed by atoms with E-state index in [0.717, 1.165) is 17.7 Å². The number of sulfonamides is 1. The maximum atomic E-state index is 12.6. The molecule has 0 aliphatic heterocycles. The molecule has 2 N–H and O–H groups in total. The summed E-state index contributed by atoms with van der Waals surface area (Å²) in [6.07, 6.45) is 0. The summed E-state index contributed by atoms with van der Waals surface area (Å²) >= 11 is 0. The van der Waals surface area contributed by atoms with Crippen LogP contribution in [-0.2, 0) is 23.1 Å². The van der Waals surface area contributed by atoms with Crippen LogP contribution in [0.3, 0.4) is 0 Å². The summed E-state index contributed by atoms with van der Waals surface area (Å²) in [5, 5.41) is 3.36. The minimum Gasteiger partial charge on any atom is -0.309 e. The van der Waals surface area contributed by atoms with Crippen LogP contribution >= 0.6 is 0 Å². The summed E-state index contributed by atoms with van der Waals surface area (Å²) in [7, 11) is -3.61. The standard InChI is InChI=1S/C21H22N2O2S/c1-17-11-13-20(14-12-17)26(24,25)23-21-10-6-5-9-19(21)16-22-15-18-7-3-2-4-8-18/h2-14,22-23H,15-16H2,1H3. The maximum Gasteiger partial charge on any atom is 0.261 e. The number of rotatable bonds is 7. The summed E-state index contributed by atoms with van der Waals surface area (Å²) in [6.45, 7) is 3.22. The SMILES string of the molecule is Cc1ccc(S(=O)(=O)Nc2ccccc2CNCc2ccccc2)cc1. The fourth-order valence-corrected chi connectivity index (χ4v) is 3.73. The first-order chi connectivity index (χ1) is 12.5. The van der Waals surface area contributed by atoms with Gasteiger partial charge < -0.3 is 5.32 Å². The molecular formula is C21H22N2O2S. The van der Waals surface area contributed by atoms with Crippen molar-refractivity contribution in [3.8, 4) is 0 Å². The van der Waals surface area contributed by atoms with Crippen molar-refractivity contribution in [3.63, 3.8) is 0 Å². The van der Waals surface area contributed by atoms with Crippen LogP contribution in [0.1, 0.15) is 16.7 Å². The predicted molar refractivity (Wildman–Crippen MR) is 105 cm³/mol. The van der Waals surface area contributed by atoms with Gasteiger partial charge in [0.1, 0.15) is 0 Å². The van der Waals surface area contributed by atoms with E-state index in [-0.39, 0.29) is 4.90 Å². The average molecular weight is 366 g/mol. The summed E-state index contributed by atoms with van der Waals surface area (Å²) < 4.78 is 28.0.